The minimum atomic E-state index is -0.323. The summed E-state index contributed by atoms with van der Waals surface area (Å²) in [7, 11) is 5.13. The summed E-state index contributed by atoms with van der Waals surface area (Å²) in [6.07, 6.45) is 0. The second-order valence-corrected chi connectivity index (χ2v) is 6.49. The molecule has 1 aromatic heterocycles. The number of piperazine rings is 1. The Hall–Kier alpha value is -2.45. The molecule has 140 valence electrons. The van der Waals surface area contributed by atoms with Gasteiger partial charge >= 0.3 is 0 Å². The number of fused-ring (bicyclic) bond motifs is 1. The van der Waals surface area contributed by atoms with Crippen LogP contribution in [0.3, 0.4) is 0 Å². The molecular weight excluding hydrogens is 334 g/mol. The van der Waals surface area contributed by atoms with Gasteiger partial charge in [-0.3, -0.25) is 14.5 Å². The summed E-state index contributed by atoms with van der Waals surface area (Å²) in [5.74, 6) is 0.629. The predicted octanol–water partition coefficient (Wildman–Crippen LogP) is 0.0713. The van der Waals surface area contributed by atoms with Crippen molar-refractivity contribution in [2.45, 2.75) is 19.2 Å². The average Bonchev–Trinajstić information content (AvgIpc) is 2.99. The molecule has 1 aliphatic rings. The Morgan fingerprint density at radius 2 is 2.08 bits per heavy atom. The molecule has 0 saturated carbocycles. The van der Waals surface area contributed by atoms with Crippen molar-refractivity contribution in [1.82, 2.24) is 24.7 Å². The van der Waals surface area contributed by atoms with Gasteiger partial charge in [-0.2, -0.15) is 0 Å². The van der Waals surface area contributed by atoms with Crippen LogP contribution in [-0.4, -0.2) is 78.0 Å². The van der Waals surface area contributed by atoms with E-state index < -0.39 is 0 Å². The monoisotopic (exact) mass is 359 g/mol. The van der Waals surface area contributed by atoms with Gasteiger partial charge in [-0.05, 0) is 19.2 Å². The van der Waals surface area contributed by atoms with Crippen LogP contribution in [0.25, 0.3) is 11.0 Å². The maximum absolute atomic E-state index is 12.9. The van der Waals surface area contributed by atoms with Crippen molar-refractivity contribution in [3.63, 3.8) is 0 Å². The molecule has 2 aromatic rings. The smallest absolute Gasteiger partial charge is 0.242 e. The standard InChI is InChI=1S/C18H25N5O3/c1-19-18(25)15-10-22(9-8-21(15)2)17(24)11-23-14-7-5-4-6-13(14)20-16(23)12-26-3/h4-7,15H,8-12H2,1-3H3,(H,19,25)/t15-/m1/s1. The highest BCUT2D eigenvalue weighted by Crippen LogP contribution is 2.18. The first kappa shape index (κ1) is 18.3. The van der Waals surface area contributed by atoms with E-state index in [1.165, 1.54) is 0 Å². The Labute approximate surface area is 152 Å². The topological polar surface area (TPSA) is 79.7 Å². The van der Waals surface area contributed by atoms with Gasteiger partial charge in [-0.25, -0.2) is 4.98 Å². The summed E-state index contributed by atoms with van der Waals surface area (Å²) in [5, 5.41) is 2.67. The lowest BCUT2D eigenvalue weighted by Crippen LogP contribution is -2.58. The van der Waals surface area contributed by atoms with E-state index in [0.717, 1.165) is 16.9 Å². The minimum Gasteiger partial charge on any atom is -0.377 e. The highest BCUT2D eigenvalue weighted by Gasteiger charge is 2.32. The Morgan fingerprint density at radius 3 is 2.81 bits per heavy atom. The number of benzene rings is 1. The Kier molecular flexibility index (Phi) is 5.53. The third kappa shape index (κ3) is 3.56. The van der Waals surface area contributed by atoms with Crippen molar-refractivity contribution in [2.75, 3.05) is 40.8 Å². The third-order valence-corrected chi connectivity index (χ3v) is 4.85. The van der Waals surface area contributed by atoms with E-state index in [2.05, 4.69) is 10.3 Å². The van der Waals surface area contributed by atoms with Crippen LogP contribution in [0.1, 0.15) is 5.82 Å². The average molecular weight is 359 g/mol. The van der Waals surface area contributed by atoms with Crippen molar-refractivity contribution in [3.8, 4) is 0 Å². The molecule has 1 fully saturated rings. The number of carbonyl (C=O) groups excluding carboxylic acids is 2. The van der Waals surface area contributed by atoms with Gasteiger partial charge in [0, 0.05) is 33.8 Å². The number of nitrogens with one attached hydrogen (secondary N) is 1. The molecule has 0 aliphatic carbocycles. The van der Waals surface area contributed by atoms with Crippen LogP contribution < -0.4 is 5.32 Å². The molecule has 1 N–H and O–H groups in total. The Balaban J connectivity index is 1.80. The summed E-state index contributed by atoms with van der Waals surface area (Å²) < 4.78 is 7.13. The Bertz CT molecular complexity index is 803. The number of para-hydroxylation sites is 2. The maximum atomic E-state index is 12.9. The van der Waals surface area contributed by atoms with Crippen LogP contribution in [0.2, 0.25) is 0 Å². The number of methoxy groups -OCH3 is 1. The number of hydrogen-bond donors (Lipinski definition) is 1. The molecule has 0 radical (unpaired) electrons. The number of carbonyl (C=O) groups is 2. The number of imidazole rings is 1. The summed E-state index contributed by atoms with van der Waals surface area (Å²) in [6, 6.07) is 7.40. The van der Waals surface area contributed by atoms with Gasteiger partial charge in [0.1, 0.15) is 25.0 Å². The lowest BCUT2D eigenvalue weighted by Gasteiger charge is -2.38. The molecule has 2 amide bonds. The quantitative estimate of drug-likeness (QED) is 0.817. The van der Waals surface area contributed by atoms with E-state index in [9.17, 15) is 9.59 Å². The fourth-order valence-electron chi connectivity index (χ4n) is 3.33. The van der Waals surface area contributed by atoms with Crippen molar-refractivity contribution < 1.29 is 14.3 Å². The highest BCUT2D eigenvalue weighted by molar-refractivity contribution is 5.84. The molecule has 8 heteroatoms. The number of aromatic nitrogens is 2. The van der Waals surface area contributed by atoms with Gasteiger partial charge in [-0.15, -0.1) is 0 Å². The molecule has 3 rings (SSSR count). The molecular formula is C18H25N5O3. The second kappa shape index (κ2) is 7.84. The van der Waals surface area contributed by atoms with E-state index >= 15 is 0 Å². The third-order valence-electron chi connectivity index (χ3n) is 4.85. The zero-order valence-electron chi connectivity index (χ0n) is 15.4. The van der Waals surface area contributed by atoms with E-state index in [4.69, 9.17) is 4.74 Å². The lowest BCUT2D eigenvalue weighted by atomic mass is 10.1. The maximum Gasteiger partial charge on any atom is 0.242 e. The van der Waals surface area contributed by atoms with Gasteiger partial charge in [0.25, 0.3) is 0 Å². The van der Waals surface area contributed by atoms with Gasteiger partial charge in [-0.1, -0.05) is 12.1 Å². The Morgan fingerprint density at radius 1 is 1.31 bits per heavy atom. The van der Waals surface area contributed by atoms with Gasteiger partial charge in [0.15, 0.2) is 0 Å². The van der Waals surface area contributed by atoms with Crippen LogP contribution in [0.15, 0.2) is 24.3 Å². The second-order valence-electron chi connectivity index (χ2n) is 6.49. The summed E-state index contributed by atoms with van der Waals surface area (Å²) in [5.41, 5.74) is 1.75. The number of rotatable bonds is 5. The molecule has 2 heterocycles. The highest BCUT2D eigenvalue weighted by atomic mass is 16.5. The first-order valence-corrected chi connectivity index (χ1v) is 8.67. The molecule has 0 spiro atoms. The fourth-order valence-corrected chi connectivity index (χ4v) is 3.33. The number of nitrogens with zero attached hydrogens (tertiary/aromatic N) is 4. The zero-order chi connectivity index (χ0) is 18.7. The van der Waals surface area contributed by atoms with Gasteiger partial charge in [0.05, 0.1) is 11.0 Å². The minimum absolute atomic E-state index is 0.0208. The molecule has 8 nitrogen and oxygen atoms in total. The molecule has 0 bridgehead atoms. The number of hydrogen-bond acceptors (Lipinski definition) is 5. The lowest BCUT2D eigenvalue weighted by molar-refractivity contribution is -0.137. The number of likely N-dealkylation sites (N-methyl/N-ethyl adjacent to an activating group) is 2. The van der Waals surface area contributed by atoms with Gasteiger partial charge < -0.3 is 19.5 Å². The number of ether oxygens (including phenoxy) is 1. The number of amides is 2. The molecule has 1 atom stereocenters. The van der Waals surface area contributed by atoms with Crippen molar-refractivity contribution in [2.24, 2.45) is 0 Å². The van der Waals surface area contributed by atoms with Crippen LogP contribution in [0.4, 0.5) is 0 Å². The first-order valence-electron chi connectivity index (χ1n) is 8.67. The SMILES string of the molecule is CNC(=O)[C@H]1CN(C(=O)Cn2c(COC)nc3ccccc32)CCN1C. The van der Waals surface area contributed by atoms with E-state index in [-0.39, 0.29) is 24.4 Å². The van der Waals surface area contributed by atoms with E-state index in [1.807, 2.05) is 40.8 Å². The van der Waals surface area contributed by atoms with Crippen LogP contribution in [0, 0.1) is 0 Å². The molecule has 0 unspecified atom stereocenters. The van der Waals surface area contributed by atoms with Crippen LogP contribution in [-0.2, 0) is 27.5 Å². The summed E-state index contributed by atoms with van der Waals surface area (Å²) in [6.45, 7) is 2.19. The van der Waals surface area contributed by atoms with Gasteiger partial charge in [0.2, 0.25) is 11.8 Å². The molecule has 1 aliphatic heterocycles. The fraction of sp³-hybridized carbons (Fsp3) is 0.500. The van der Waals surface area contributed by atoms with Crippen LogP contribution in [0.5, 0.6) is 0 Å². The first-order chi connectivity index (χ1) is 12.5. The summed E-state index contributed by atoms with van der Waals surface area (Å²) in [4.78, 5) is 33.3. The molecule has 1 saturated heterocycles. The van der Waals surface area contributed by atoms with Crippen molar-refractivity contribution in [1.29, 1.82) is 0 Å². The normalized spacial score (nSPS) is 18.3. The van der Waals surface area contributed by atoms with Crippen molar-refractivity contribution in [3.05, 3.63) is 30.1 Å². The van der Waals surface area contributed by atoms with E-state index in [1.54, 1.807) is 19.1 Å². The summed E-state index contributed by atoms with van der Waals surface area (Å²) >= 11 is 0. The molecule has 1 aromatic carbocycles. The van der Waals surface area contributed by atoms with Crippen molar-refractivity contribution >= 4 is 22.8 Å². The van der Waals surface area contributed by atoms with E-state index in [0.29, 0.717) is 26.2 Å². The molecule has 26 heavy (non-hydrogen) atoms. The van der Waals surface area contributed by atoms with Crippen LogP contribution >= 0.6 is 0 Å². The predicted molar refractivity (Wildman–Crippen MR) is 97.5 cm³/mol. The zero-order valence-corrected chi connectivity index (χ0v) is 15.4. The largest absolute Gasteiger partial charge is 0.377 e.